The van der Waals surface area contributed by atoms with Crippen LogP contribution >= 0.6 is 11.3 Å². The van der Waals surface area contributed by atoms with E-state index in [9.17, 15) is 14.9 Å². The molecule has 0 spiro atoms. The fourth-order valence-electron chi connectivity index (χ4n) is 4.08. The molecule has 1 aliphatic rings. The maximum absolute atomic E-state index is 13.3. The predicted molar refractivity (Wildman–Crippen MR) is 134 cm³/mol. The Labute approximate surface area is 210 Å². The first kappa shape index (κ1) is 23.3. The van der Waals surface area contributed by atoms with Gasteiger partial charge >= 0.3 is 0 Å². The molecule has 0 saturated carbocycles. The maximum atomic E-state index is 13.3. The number of nitrogens with zero attached hydrogens (tertiary/aromatic N) is 6. The number of thiazole rings is 1. The molecule has 4 heterocycles. The molecule has 3 aromatic heterocycles. The molecule has 5 rings (SSSR count). The van der Waals surface area contributed by atoms with Crippen LogP contribution in [0.25, 0.3) is 21.6 Å². The third-order valence-electron chi connectivity index (χ3n) is 5.86. The van der Waals surface area contributed by atoms with E-state index in [1.165, 1.54) is 19.5 Å². The number of methoxy groups -OCH3 is 1. The van der Waals surface area contributed by atoms with Crippen LogP contribution in [-0.4, -0.2) is 56.8 Å². The number of ether oxygens (including phenoxy) is 1. The summed E-state index contributed by atoms with van der Waals surface area (Å²) < 4.78 is 5.48. The normalized spacial score (nSPS) is 13.0. The summed E-state index contributed by atoms with van der Waals surface area (Å²) in [6, 6.07) is 8.91. The number of aromatic nitrogens is 4. The van der Waals surface area contributed by atoms with Crippen LogP contribution in [0.5, 0.6) is 5.75 Å². The average Bonchev–Trinajstić information content (AvgIpc) is 3.57. The van der Waals surface area contributed by atoms with Crippen molar-refractivity contribution >= 4 is 38.8 Å². The van der Waals surface area contributed by atoms with Gasteiger partial charge in [0.1, 0.15) is 11.4 Å². The summed E-state index contributed by atoms with van der Waals surface area (Å²) in [6.45, 7) is 3.26. The molecule has 0 atom stereocenters. The number of carbonyl (C=O) groups excluding carboxylic acids is 2. The molecule has 180 valence electrons. The highest BCUT2D eigenvalue weighted by atomic mass is 32.1. The Bertz CT molecular complexity index is 1540. The van der Waals surface area contributed by atoms with Gasteiger partial charge in [0.15, 0.2) is 15.6 Å². The zero-order chi connectivity index (χ0) is 25.2. The van der Waals surface area contributed by atoms with Gasteiger partial charge in [0, 0.05) is 36.1 Å². The van der Waals surface area contributed by atoms with Gasteiger partial charge in [-0.05, 0) is 44.0 Å². The van der Waals surface area contributed by atoms with Crippen molar-refractivity contribution in [2.24, 2.45) is 0 Å². The number of anilines is 1. The third-order valence-corrected chi connectivity index (χ3v) is 6.71. The number of benzene rings is 1. The Morgan fingerprint density at radius 1 is 1.11 bits per heavy atom. The second-order valence-electron chi connectivity index (χ2n) is 8.25. The van der Waals surface area contributed by atoms with Gasteiger partial charge in [-0.2, -0.15) is 10.2 Å². The fourth-order valence-corrected chi connectivity index (χ4v) is 4.87. The Morgan fingerprint density at radius 2 is 1.92 bits per heavy atom. The molecular weight excluding hydrogens is 478 g/mol. The number of amides is 2. The SMILES string of the molecule is COc1ccc(C#N)cc1-c1cc(C)ncc1C(=O)Nc1nc2ncc(C(=O)N3CCCC3)nc2s1. The standard InChI is InChI=1S/C25H21N7O3S/c1-14-9-16(17-10-15(11-26)5-6-20(17)35-2)18(12-27-14)22(33)31-25-30-21-23(36-25)29-19(13-28-21)24(34)32-7-3-4-8-32/h5-6,9-10,12-13H,3-4,7-8H2,1-2H3,(H,28,30,31,33). The van der Waals surface area contributed by atoms with Crippen LogP contribution < -0.4 is 10.1 Å². The third kappa shape index (κ3) is 4.46. The van der Waals surface area contributed by atoms with Crippen molar-refractivity contribution in [1.29, 1.82) is 5.26 Å². The van der Waals surface area contributed by atoms with Gasteiger partial charge in [0.2, 0.25) is 0 Å². The predicted octanol–water partition coefficient (Wildman–Crippen LogP) is 3.83. The molecule has 1 saturated heterocycles. The second kappa shape index (κ2) is 9.67. The quantitative estimate of drug-likeness (QED) is 0.438. The zero-order valence-electron chi connectivity index (χ0n) is 19.6. The summed E-state index contributed by atoms with van der Waals surface area (Å²) in [6.07, 6.45) is 4.88. The Kier molecular flexibility index (Phi) is 6.26. The lowest BCUT2D eigenvalue weighted by Crippen LogP contribution is -2.28. The Morgan fingerprint density at radius 3 is 2.67 bits per heavy atom. The average molecular weight is 500 g/mol. The molecule has 1 fully saturated rings. The van der Waals surface area contributed by atoms with Crippen LogP contribution in [0, 0.1) is 18.3 Å². The van der Waals surface area contributed by atoms with Crippen molar-refractivity contribution in [3.05, 3.63) is 59.2 Å². The minimum Gasteiger partial charge on any atom is -0.496 e. The molecular formula is C25H21N7O3S. The number of fused-ring (bicyclic) bond motifs is 1. The summed E-state index contributed by atoms with van der Waals surface area (Å²) in [5.41, 5.74) is 3.22. The number of hydrogen-bond donors (Lipinski definition) is 1. The molecule has 10 nitrogen and oxygen atoms in total. The highest BCUT2D eigenvalue weighted by molar-refractivity contribution is 7.21. The maximum Gasteiger partial charge on any atom is 0.274 e. The van der Waals surface area contributed by atoms with Gasteiger partial charge in [-0.3, -0.25) is 19.9 Å². The van der Waals surface area contributed by atoms with E-state index in [1.54, 1.807) is 29.2 Å². The van der Waals surface area contributed by atoms with Gasteiger partial charge in [0.25, 0.3) is 11.8 Å². The number of hydrogen-bond acceptors (Lipinski definition) is 9. The lowest BCUT2D eigenvalue weighted by atomic mass is 9.97. The van der Waals surface area contributed by atoms with Crippen molar-refractivity contribution in [1.82, 2.24) is 24.8 Å². The van der Waals surface area contributed by atoms with E-state index in [4.69, 9.17) is 4.74 Å². The Balaban J connectivity index is 1.46. The first-order valence-corrected chi connectivity index (χ1v) is 12.1. The van der Waals surface area contributed by atoms with Gasteiger partial charge in [0.05, 0.1) is 30.5 Å². The minimum atomic E-state index is -0.436. The van der Waals surface area contributed by atoms with Gasteiger partial charge < -0.3 is 9.64 Å². The van der Waals surface area contributed by atoms with Crippen LogP contribution in [0.2, 0.25) is 0 Å². The summed E-state index contributed by atoms with van der Waals surface area (Å²) >= 11 is 1.14. The zero-order valence-corrected chi connectivity index (χ0v) is 20.4. The topological polar surface area (TPSA) is 134 Å². The number of likely N-dealkylation sites (tertiary alicyclic amines) is 1. The van der Waals surface area contributed by atoms with Crippen LogP contribution in [0.3, 0.4) is 0 Å². The molecule has 1 aliphatic heterocycles. The monoisotopic (exact) mass is 499 g/mol. The van der Waals surface area contributed by atoms with Gasteiger partial charge in [-0.1, -0.05) is 11.3 Å². The van der Waals surface area contributed by atoms with Gasteiger partial charge in [-0.15, -0.1) is 0 Å². The summed E-state index contributed by atoms with van der Waals surface area (Å²) in [4.78, 5) is 45.5. The smallest absolute Gasteiger partial charge is 0.274 e. The first-order chi connectivity index (χ1) is 17.5. The molecule has 4 aromatic rings. The van der Waals surface area contributed by atoms with E-state index in [0.29, 0.717) is 49.3 Å². The molecule has 0 bridgehead atoms. The first-order valence-electron chi connectivity index (χ1n) is 11.3. The van der Waals surface area contributed by atoms with E-state index in [0.717, 1.165) is 37.3 Å². The number of rotatable bonds is 5. The number of carbonyl (C=O) groups is 2. The molecule has 11 heteroatoms. The molecule has 0 radical (unpaired) electrons. The molecule has 0 unspecified atom stereocenters. The van der Waals surface area contributed by atoms with Crippen LogP contribution in [0.15, 0.2) is 36.7 Å². The second-order valence-corrected chi connectivity index (χ2v) is 9.23. The van der Waals surface area contributed by atoms with E-state index in [1.807, 2.05) is 6.92 Å². The van der Waals surface area contributed by atoms with Crippen LogP contribution in [0.1, 0.15) is 44.9 Å². The molecule has 0 aliphatic carbocycles. The van der Waals surface area contributed by atoms with Crippen molar-refractivity contribution in [2.45, 2.75) is 19.8 Å². The molecule has 1 N–H and O–H groups in total. The van der Waals surface area contributed by atoms with E-state index >= 15 is 0 Å². The number of nitriles is 1. The summed E-state index contributed by atoms with van der Waals surface area (Å²) in [5, 5.41) is 12.5. The summed E-state index contributed by atoms with van der Waals surface area (Å²) in [7, 11) is 1.53. The van der Waals surface area contributed by atoms with Crippen LogP contribution in [0.4, 0.5) is 5.13 Å². The van der Waals surface area contributed by atoms with Crippen molar-refractivity contribution in [3.8, 4) is 22.9 Å². The molecule has 2 amide bonds. The highest BCUT2D eigenvalue weighted by Crippen LogP contribution is 2.34. The lowest BCUT2D eigenvalue weighted by Gasteiger charge is -2.13. The molecule has 1 aromatic carbocycles. The summed E-state index contributed by atoms with van der Waals surface area (Å²) in [5.74, 6) is -0.0589. The minimum absolute atomic E-state index is 0.148. The van der Waals surface area contributed by atoms with E-state index in [2.05, 4.69) is 31.3 Å². The number of aryl methyl sites for hydroxylation is 1. The van der Waals surface area contributed by atoms with Gasteiger partial charge in [-0.25, -0.2) is 9.97 Å². The van der Waals surface area contributed by atoms with Crippen LogP contribution in [-0.2, 0) is 0 Å². The molecule has 36 heavy (non-hydrogen) atoms. The number of nitrogens with one attached hydrogen (secondary N) is 1. The van der Waals surface area contributed by atoms with E-state index < -0.39 is 5.91 Å². The number of pyridine rings is 1. The highest BCUT2D eigenvalue weighted by Gasteiger charge is 2.23. The Hall–Kier alpha value is -4.43. The fraction of sp³-hybridized carbons (Fsp3) is 0.240. The largest absolute Gasteiger partial charge is 0.496 e. The van der Waals surface area contributed by atoms with Crippen molar-refractivity contribution < 1.29 is 14.3 Å². The van der Waals surface area contributed by atoms with Crippen molar-refractivity contribution in [2.75, 3.05) is 25.5 Å². The van der Waals surface area contributed by atoms with E-state index in [-0.39, 0.29) is 11.6 Å². The lowest BCUT2D eigenvalue weighted by molar-refractivity contribution is 0.0787. The van der Waals surface area contributed by atoms with Crippen molar-refractivity contribution in [3.63, 3.8) is 0 Å².